The smallest absolute Gasteiger partial charge is 0.406 e. The van der Waals surface area contributed by atoms with E-state index in [2.05, 4.69) is 47.0 Å². The van der Waals surface area contributed by atoms with Gasteiger partial charge in [0.1, 0.15) is 16.5 Å². The molecule has 0 radical (unpaired) electrons. The second-order valence-corrected chi connectivity index (χ2v) is 9.05. The second kappa shape index (κ2) is 10.0. The Morgan fingerprint density at radius 2 is 2.00 bits per heavy atom. The number of rotatable bonds is 8. The lowest BCUT2D eigenvalue weighted by Crippen LogP contribution is -2.12. The molecule has 0 aliphatic rings. The Hall–Kier alpha value is -3.12. The van der Waals surface area contributed by atoms with Crippen LogP contribution in [0.15, 0.2) is 58.0 Å². The molecule has 9 nitrogen and oxygen atoms in total. The van der Waals surface area contributed by atoms with Gasteiger partial charge in [0.15, 0.2) is 6.20 Å². The molecule has 0 aliphatic carbocycles. The van der Waals surface area contributed by atoms with Gasteiger partial charge in [0.05, 0.1) is 16.4 Å². The maximum absolute atomic E-state index is 14.3. The van der Waals surface area contributed by atoms with Crippen LogP contribution in [-0.2, 0) is 13.0 Å². The Kier molecular flexibility index (Phi) is 7.08. The van der Waals surface area contributed by atoms with Crippen molar-refractivity contribution >= 4 is 37.7 Å². The van der Waals surface area contributed by atoms with Gasteiger partial charge < -0.3 is 14.9 Å². The summed E-state index contributed by atoms with van der Waals surface area (Å²) in [5.41, 5.74) is 2.90. The van der Waals surface area contributed by atoms with Crippen LogP contribution in [0.25, 0.3) is 5.69 Å². The number of halogens is 3. The monoisotopic (exact) mass is 592 g/mol. The van der Waals surface area contributed by atoms with E-state index in [0.29, 0.717) is 22.1 Å². The molecular weight excluding hydrogens is 575 g/mol. The third-order valence-corrected chi connectivity index (χ3v) is 6.52. The minimum Gasteiger partial charge on any atom is -0.478 e. The van der Waals surface area contributed by atoms with Gasteiger partial charge in [-0.05, 0) is 79.9 Å². The number of benzene rings is 1. The van der Waals surface area contributed by atoms with Crippen molar-refractivity contribution in [3.05, 3.63) is 90.8 Å². The van der Waals surface area contributed by atoms with Gasteiger partial charge in [0.2, 0.25) is 5.75 Å². The van der Waals surface area contributed by atoms with Crippen molar-refractivity contribution in [2.24, 2.45) is 0 Å². The quantitative estimate of drug-likeness (QED) is 0.189. The van der Waals surface area contributed by atoms with Crippen molar-refractivity contribution < 1.29 is 14.1 Å². The second-order valence-electron chi connectivity index (χ2n) is 7.38. The fraction of sp³-hybridized carbons (Fsp3) is 0.227. The molecule has 0 bridgehead atoms. The Balaban J connectivity index is 1.71. The third-order valence-electron chi connectivity index (χ3n) is 5.17. The maximum atomic E-state index is 14.3. The minimum atomic E-state index is -0.743. The molecule has 3 heterocycles. The molecule has 1 atom stereocenters. The van der Waals surface area contributed by atoms with Gasteiger partial charge in [-0.1, -0.05) is 0 Å². The molecule has 0 saturated heterocycles. The van der Waals surface area contributed by atoms with E-state index < -0.39 is 22.7 Å². The number of aryl methyl sites for hydroxylation is 1. The zero-order valence-electron chi connectivity index (χ0n) is 18.2. The van der Waals surface area contributed by atoms with Crippen molar-refractivity contribution in [1.82, 2.24) is 24.5 Å². The highest BCUT2D eigenvalue weighted by atomic mass is 79.9. The van der Waals surface area contributed by atoms with Crippen molar-refractivity contribution in [1.29, 1.82) is 0 Å². The van der Waals surface area contributed by atoms with E-state index in [4.69, 9.17) is 4.74 Å². The molecule has 0 aliphatic heterocycles. The van der Waals surface area contributed by atoms with Gasteiger partial charge in [-0.25, -0.2) is 9.07 Å². The molecule has 12 heteroatoms. The zero-order valence-corrected chi connectivity index (χ0v) is 21.3. The molecule has 0 fully saturated rings. The van der Waals surface area contributed by atoms with E-state index in [1.165, 1.54) is 24.4 Å². The first-order chi connectivity index (χ1) is 16.3. The van der Waals surface area contributed by atoms with Crippen LogP contribution in [0.4, 0.5) is 10.2 Å². The normalized spacial score (nSPS) is 12.0. The van der Waals surface area contributed by atoms with Crippen molar-refractivity contribution in [2.75, 3.05) is 0 Å². The van der Waals surface area contributed by atoms with Crippen LogP contribution in [0.1, 0.15) is 36.8 Å². The van der Waals surface area contributed by atoms with E-state index in [0.717, 1.165) is 22.4 Å². The predicted molar refractivity (Wildman–Crippen MR) is 130 cm³/mol. The number of ether oxygens (including phenoxy) is 1. The molecule has 3 aromatic heterocycles. The highest BCUT2D eigenvalue weighted by molar-refractivity contribution is 9.10. The van der Waals surface area contributed by atoms with Crippen molar-refractivity contribution in [3.63, 3.8) is 0 Å². The summed E-state index contributed by atoms with van der Waals surface area (Å²) in [5, 5.41) is 20.2. The van der Waals surface area contributed by atoms with E-state index in [-0.39, 0.29) is 5.75 Å². The van der Waals surface area contributed by atoms with E-state index in [9.17, 15) is 14.5 Å². The summed E-state index contributed by atoms with van der Waals surface area (Å²) in [6.07, 6.45) is 4.56. The summed E-state index contributed by atoms with van der Waals surface area (Å²) in [7, 11) is 0. The average molecular weight is 594 g/mol. The van der Waals surface area contributed by atoms with Crippen LogP contribution in [0.2, 0.25) is 0 Å². The van der Waals surface area contributed by atoms with E-state index >= 15 is 0 Å². The Labute approximate surface area is 211 Å². The average Bonchev–Trinajstić information content (AvgIpc) is 3.40. The standard InChI is InChI=1S/C22H19Br2FN6O3/c1-3-29-21(24)14(11-28-29)8-17-6-7-27-30(17)19-5-4-16(25)10-18(19)13(2)34-20-9-15(23)12-26-22(20)31(32)33/h4-7,9-13H,3,8H2,1-2H3. The number of pyridine rings is 1. The summed E-state index contributed by atoms with van der Waals surface area (Å²) in [5.74, 6) is -0.916. The fourth-order valence-corrected chi connectivity index (χ4v) is 4.46. The first kappa shape index (κ1) is 24.0. The van der Waals surface area contributed by atoms with Crippen molar-refractivity contribution in [3.8, 4) is 11.4 Å². The highest BCUT2D eigenvalue weighted by Gasteiger charge is 2.23. The van der Waals surface area contributed by atoms with Crippen molar-refractivity contribution in [2.45, 2.75) is 32.9 Å². The largest absolute Gasteiger partial charge is 0.478 e. The lowest BCUT2D eigenvalue weighted by molar-refractivity contribution is -0.390. The van der Waals surface area contributed by atoms with Crippen LogP contribution in [0, 0.1) is 15.9 Å². The van der Waals surface area contributed by atoms with Gasteiger partial charge >= 0.3 is 5.82 Å². The molecule has 1 aromatic carbocycles. The van der Waals surface area contributed by atoms with Crippen LogP contribution in [0.5, 0.6) is 5.75 Å². The van der Waals surface area contributed by atoms with Crippen LogP contribution in [-0.4, -0.2) is 29.5 Å². The number of aromatic nitrogens is 5. The summed E-state index contributed by atoms with van der Waals surface area (Å²) in [6, 6.07) is 7.62. The topological polar surface area (TPSA) is 101 Å². The molecule has 0 spiro atoms. The van der Waals surface area contributed by atoms with E-state index in [1.54, 1.807) is 30.1 Å². The van der Waals surface area contributed by atoms with Gasteiger partial charge in [0.25, 0.3) is 0 Å². The van der Waals surface area contributed by atoms with Gasteiger partial charge in [-0.2, -0.15) is 10.2 Å². The molecule has 4 rings (SSSR count). The summed E-state index contributed by atoms with van der Waals surface area (Å²) < 4.78 is 25.1. The number of hydrogen-bond acceptors (Lipinski definition) is 6. The van der Waals surface area contributed by atoms with Gasteiger partial charge in [-0.15, -0.1) is 0 Å². The lowest BCUT2D eigenvalue weighted by atomic mass is 10.1. The SMILES string of the molecule is CCn1ncc(Cc2ccnn2-c2ccc(F)cc2C(C)Oc2cc(Br)cnc2[N+](=O)[O-])c1Br. The first-order valence-electron chi connectivity index (χ1n) is 10.3. The summed E-state index contributed by atoms with van der Waals surface area (Å²) in [6.45, 7) is 4.42. The van der Waals surface area contributed by atoms with Crippen LogP contribution in [0.3, 0.4) is 0 Å². The van der Waals surface area contributed by atoms with Gasteiger partial charge in [-0.3, -0.25) is 4.68 Å². The summed E-state index contributed by atoms with van der Waals surface area (Å²) in [4.78, 5) is 14.6. The number of hydrogen-bond donors (Lipinski definition) is 0. The minimum absolute atomic E-state index is 0.0290. The third kappa shape index (κ3) is 4.87. The molecular formula is C22H19Br2FN6O3. The Bertz CT molecular complexity index is 1360. The molecule has 34 heavy (non-hydrogen) atoms. The molecule has 0 amide bonds. The lowest BCUT2D eigenvalue weighted by Gasteiger charge is -2.19. The zero-order chi connectivity index (χ0) is 24.4. The Morgan fingerprint density at radius 3 is 2.71 bits per heavy atom. The Morgan fingerprint density at radius 1 is 1.21 bits per heavy atom. The molecule has 0 saturated carbocycles. The molecule has 4 aromatic rings. The first-order valence-corrected chi connectivity index (χ1v) is 11.9. The highest BCUT2D eigenvalue weighted by Crippen LogP contribution is 2.34. The maximum Gasteiger partial charge on any atom is 0.406 e. The molecule has 1 unspecified atom stereocenters. The number of nitrogens with zero attached hydrogens (tertiary/aromatic N) is 6. The molecule has 176 valence electrons. The van der Waals surface area contributed by atoms with Crippen LogP contribution >= 0.6 is 31.9 Å². The fourth-order valence-electron chi connectivity index (χ4n) is 3.56. The number of nitro groups is 1. The predicted octanol–water partition coefficient (Wildman–Crippen LogP) is 5.79. The van der Waals surface area contributed by atoms with Gasteiger partial charge in [0, 0.05) is 42.0 Å². The van der Waals surface area contributed by atoms with Crippen LogP contribution < -0.4 is 4.74 Å². The van der Waals surface area contributed by atoms with E-state index in [1.807, 2.05) is 17.7 Å². The molecule has 0 N–H and O–H groups in total. The summed E-state index contributed by atoms with van der Waals surface area (Å²) >= 11 is 6.84.